The first-order chi connectivity index (χ1) is 8.65. The Morgan fingerprint density at radius 3 is 2.94 bits per heavy atom. The highest BCUT2D eigenvalue weighted by molar-refractivity contribution is 6.29. The smallest absolute Gasteiger partial charge is 0.407 e. The number of pyridine rings is 1. The summed E-state index contributed by atoms with van der Waals surface area (Å²) in [6.45, 7) is 2.31. The number of likely N-dealkylation sites (tertiary alicyclic amines) is 1. The molecule has 0 bridgehead atoms. The van der Waals surface area contributed by atoms with Gasteiger partial charge >= 0.3 is 6.09 Å². The predicted octanol–water partition coefficient (Wildman–Crippen LogP) is 1.92. The molecule has 96 valence electrons. The summed E-state index contributed by atoms with van der Waals surface area (Å²) in [4.78, 5) is 18.9. The molecule has 3 heterocycles. The van der Waals surface area contributed by atoms with Crippen LogP contribution in [0.25, 0.3) is 0 Å². The maximum Gasteiger partial charge on any atom is 0.407 e. The molecule has 0 unspecified atom stereocenters. The Morgan fingerprint density at radius 2 is 2.28 bits per heavy atom. The highest BCUT2D eigenvalue weighted by Gasteiger charge is 2.43. The van der Waals surface area contributed by atoms with E-state index in [4.69, 9.17) is 16.7 Å². The molecule has 18 heavy (non-hydrogen) atoms. The van der Waals surface area contributed by atoms with Gasteiger partial charge in [0.05, 0.1) is 17.9 Å². The molecule has 0 aromatic carbocycles. The SMILES string of the molecule is O=C(O)N1CC[C@H]2CN(c3ccc(Cl)nc3)C[C@H]21. The summed E-state index contributed by atoms with van der Waals surface area (Å²) in [5, 5.41) is 9.61. The number of nitrogens with zero attached hydrogens (tertiary/aromatic N) is 3. The van der Waals surface area contributed by atoms with Gasteiger partial charge in [0.2, 0.25) is 0 Å². The van der Waals surface area contributed by atoms with Crippen molar-refractivity contribution in [1.29, 1.82) is 0 Å². The molecule has 3 rings (SSSR count). The van der Waals surface area contributed by atoms with Crippen molar-refractivity contribution in [1.82, 2.24) is 9.88 Å². The van der Waals surface area contributed by atoms with Crippen molar-refractivity contribution in [3.8, 4) is 0 Å². The Kier molecular flexibility index (Phi) is 2.78. The van der Waals surface area contributed by atoms with Crippen LogP contribution in [0.15, 0.2) is 18.3 Å². The Bertz CT molecular complexity index is 465. The first-order valence-electron chi connectivity index (χ1n) is 6.01. The van der Waals surface area contributed by atoms with Crippen LogP contribution in [0.2, 0.25) is 5.15 Å². The second kappa shape index (κ2) is 4.31. The normalized spacial score (nSPS) is 26.5. The van der Waals surface area contributed by atoms with E-state index in [9.17, 15) is 4.79 Å². The Hall–Kier alpha value is -1.49. The lowest BCUT2D eigenvalue weighted by Gasteiger charge is -2.23. The molecule has 0 radical (unpaired) electrons. The number of hydrogen-bond donors (Lipinski definition) is 1. The lowest BCUT2D eigenvalue weighted by molar-refractivity contribution is 0.140. The highest BCUT2D eigenvalue weighted by atomic mass is 35.5. The van der Waals surface area contributed by atoms with E-state index in [1.54, 1.807) is 17.2 Å². The van der Waals surface area contributed by atoms with E-state index in [1.807, 2.05) is 6.07 Å². The molecule has 0 saturated carbocycles. The van der Waals surface area contributed by atoms with Gasteiger partial charge in [-0.15, -0.1) is 0 Å². The van der Waals surface area contributed by atoms with Crippen LogP contribution in [0.5, 0.6) is 0 Å². The third-order valence-electron chi connectivity index (χ3n) is 3.87. The van der Waals surface area contributed by atoms with Crippen molar-refractivity contribution in [3.05, 3.63) is 23.5 Å². The standard InChI is InChI=1S/C12H14ClN3O2/c13-11-2-1-9(5-14-11)15-6-8-3-4-16(12(17)18)10(8)7-15/h1-2,5,8,10H,3-4,6-7H2,(H,17,18)/t8-,10+/m0/s1. The number of aromatic nitrogens is 1. The quantitative estimate of drug-likeness (QED) is 0.790. The van der Waals surface area contributed by atoms with Gasteiger partial charge in [-0.25, -0.2) is 9.78 Å². The molecule has 1 aromatic rings. The van der Waals surface area contributed by atoms with Gasteiger partial charge in [0.15, 0.2) is 0 Å². The van der Waals surface area contributed by atoms with Crippen LogP contribution in [0.1, 0.15) is 6.42 Å². The molecule has 2 fully saturated rings. The minimum atomic E-state index is -0.807. The minimum absolute atomic E-state index is 0.123. The van der Waals surface area contributed by atoms with Crippen LogP contribution in [0.4, 0.5) is 10.5 Å². The predicted molar refractivity (Wildman–Crippen MR) is 68.1 cm³/mol. The van der Waals surface area contributed by atoms with Gasteiger partial charge in [0.25, 0.3) is 0 Å². The van der Waals surface area contributed by atoms with Crippen molar-refractivity contribution in [2.75, 3.05) is 24.5 Å². The topological polar surface area (TPSA) is 56.7 Å². The minimum Gasteiger partial charge on any atom is -0.465 e. The largest absolute Gasteiger partial charge is 0.465 e. The number of halogens is 1. The number of rotatable bonds is 1. The summed E-state index contributed by atoms with van der Waals surface area (Å²) in [6.07, 6.45) is 1.89. The molecular formula is C12H14ClN3O2. The fourth-order valence-electron chi connectivity index (χ4n) is 2.96. The molecule has 0 aliphatic carbocycles. The van der Waals surface area contributed by atoms with E-state index in [-0.39, 0.29) is 6.04 Å². The van der Waals surface area contributed by atoms with E-state index in [1.165, 1.54) is 0 Å². The summed E-state index contributed by atoms with van der Waals surface area (Å²) < 4.78 is 0. The van der Waals surface area contributed by atoms with Gasteiger partial charge in [0.1, 0.15) is 5.15 Å². The Labute approximate surface area is 110 Å². The number of carbonyl (C=O) groups is 1. The van der Waals surface area contributed by atoms with Gasteiger partial charge < -0.3 is 14.9 Å². The fourth-order valence-corrected chi connectivity index (χ4v) is 3.08. The molecule has 6 heteroatoms. The van der Waals surface area contributed by atoms with Gasteiger partial charge in [-0.2, -0.15) is 0 Å². The van der Waals surface area contributed by atoms with Crippen molar-refractivity contribution in [2.45, 2.75) is 12.5 Å². The summed E-state index contributed by atoms with van der Waals surface area (Å²) in [7, 11) is 0. The molecule has 2 atom stereocenters. The third kappa shape index (κ3) is 1.88. The second-order valence-corrected chi connectivity index (χ2v) is 5.22. The van der Waals surface area contributed by atoms with E-state index >= 15 is 0 Å². The van der Waals surface area contributed by atoms with E-state index in [0.29, 0.717) is 17.6 Å². The summed E-state index contributed by atoms with van der Waals surface area (Å²) in [5.41, 5.74) is 1.01. The zero-order valence-electron chi connectivity index (χ0n) is 9.79. The van der Waals surface area contributed by atoms with Crippen molar-refractivity contribution >= 4 is 23.4 Å². The van der Waals surface area contributed by atoms with Crippen LogP contribution in [-0.4, -0.2) is 46.8 Å². The van der Waals surface area contributed by atoms with Crippen LogP contribution in [0.3, 0.4) is 0 Å². The Balaban J connectivity index is 1.76. The van der Waals surface area contributed by atoms with Gasteiger partial charge in [-0.1, -0.05) is 11.6 Å². The third-order valence-corrected chi connectivity index (χ3v) is 4.09. The zero-order valence-corrected chi connectivity index (χ0v) is 10.5. The van der Waals surface area contributed by atoms with E-state index in [0.717, 1.165) is 25.2 Å². The number of fused-ring (bicyclic) bond motifs is 1. The lowest BCUT2D eigenvalue weighted by atomic mass is 10.1. The van der Waals surface area contributed by atoms with Crippen LogP contribution < -0.4 is 4.90 Å². The van der Waals surface area contributed by atoms with Crippen molar-refractivity contribution < 1.29 is 9.90 Å². The molecule has 5 nitrogen and oxygen atoms in total. The number of anilines is 1. The number of hydrogen-bond acceptors (Lipinski definition) is 3. The zero-order chi connectivity index (χ0) is 12.7. The van der Waals surface area contributed by atoms with Crippen molar-refractivity contribution in [3.63, 3.8) is 0 Å². The summed E-state index contributed by atoms with van der Waals surface area (Å²) in [6, 6.07) is 3.82. The van der Waals surface area contributed by atoms with Gasteiger partial charge in [-0.3, -0.25) is 0 Å². The molecule has 2 saturated heterocycles. The average Bonchev–Trinajstić information content (AvgIpc) is 2.88. The molecule has 2 aliphatic heterocycles. The van der Waals surface area contributed by atoms with E-state index in [2.05, 4.69) is 9.88 Å². The first kappa shape index (κ1) is 11.6. The summed E-state index contributed by atoms with van der Waals surface area (Å²) in [5.74, 6) is 0.441. The maximum atomic E-state index is 11.1. The fraction of sp³-hybridized carbons (Fsp3) is 0.500. The van der Waals surface area contributed by atoms with Crippen LogP contribution in [-0.2, 0) is 0 Å². The maximum absolute atomic E-state index is 11.1. The number of carboxylic acid groups (broad SMARTS) is 1. The average molecular weight is 268 g/mol. The van der Waals surface area contributed by atoms with Gasteiger partial charge in [-0.05, 0) is 18.6 Å². The van der Waals surface area contributed by atoms with Crippen LogP contribution in [0, 0.1) is 5.92 Å². The monoisotopic (exact) mass is 267 g/mol. The van der Waals surface area contributed by atoms with E-state index < -0.39 is 6.09 Å². The van der Waals surface area contributed by atoms with Crippen LogP contribution >= 0.6 is 11.6 Å². The summed E-state index contributed by atoms with van der Waals surface area (Å²) >= 11 is 5.76. The lowest BCUT2D eigenvalue weighted by Crippen LogP contribution is -2.38. The Morgan fingerprint density at radius 1 is 1.44 bits per heavy atom. The molecule has 1 aromatic heterocycles. The molecule has 0 spiro atoms. The molecular weight excluding hydrogens is 254 g/mol. The first-order valence-corrected chi connectivity index (χ1v) is 6.39. The van der Waals surface area contributed by atoms with Crippen molar-refractivity contribution in [2.24, 2.45) is 5.92 Å². The second-order valence-electron chi connectivity index (χ2n) is 4.84. The number of amides is 1. The molecule has 1 amide bonds. The molecule has 2 aliphatic rings. The highest BCUT2D eigenvalue weighted by Crippen LogP contribution is 2.33. The van der Waals surface area contributed by atoms with Gasteiger partial charge in [0, 0.05) is 25.6 Å². The molecule has 1 N–H and O–H groups in total.